The summed E-state index contributed by atoms with van der Waals surface area (Å²) in [5.41, 5.74) is 0.799. The van der Waals surface area contributed by atoms with Crippen LogP contribution in [0.3, 0.4) is 0 Å². The van der Waals surface area contributed by atoms with Crippen LogP contribution in [0.15, 0.2) is 28.8 Å². The number of nitrogens with zero attached hydrogens (tertiary/aromatic N) is 4. The average Bonchev–Trinajstić information content (AvgIpc) is 3.10. The number of piperidine rings is 1. The maximum absolute atomic E-state index is 12.3. The summed E-state index contributed by atoms with van der Waals surface area (Å²) in [6, 6.07) is 9.56. The molecule has 2 aromatic rings. The van der Waals surface area contributed by atoms with Gasteiger partial charge < -0.3 is 14.2 Å². The standard InChI is InChI=1S/C17H18N4O3/c1-23-14-4-2-13(3-5-14)17-19-15(24-20-17)10-16(22)21-8-6-12(11-18)7-9-21/h2-5,12H,6-10H2,1H3. The molecule has 0 aliphatic carbocycles. The van der Waals surface area contributed by atoms with E-state index in [0.717, 1.165) is 24.2 Å². The van der Waals surface area contributed by atoms with Crippen LogP contribution in [-0.4, -0.2) is 41.1 Å². The Morgan fingerprint density at radius 2 is 2.08 bits per heavy atom. The zero-order chi connectivity index (χ0) is 16.9. The zero-order valence-corrected chi connectivity index (χ0v) is 13.4. The molecule has 1 amide bonds. The second-order valence-corrected chi connectivity index (χ2v) is 5.70. The van der Waals surface area contributed by atoms with Crippen molar-refractivity contribution in [3.8, 4) is 23.2 Å². The molecule has 1 fully saturated rings. The maximum atomic E-state index is 12.3. The van der Waals surface area contributed by atoms with Crippen LogP contribution in [-0.2, 0) is 11.2 Å². The number of benzene rings is 1. The highest BCUT2D eigenvalue weighted by Gasteiger charge is 2.24. The topological polar surface area (TPSA) is 92.3 Å². The van der Waals surface area contributed by atoms with Gasteiger partial charge in [-0.2, -0.15) is 10.2 Å². The second kappa shape index (κ2) is 7.13. The summed E-state index contributed by atoms with van der Waals surface area (Å²) in [5, 5.41) is 12.8. The van der Waals surface area contributed by atoms with E-state index in [-0.39, 0.29) is 18.2 Å². The monoisotopic (exact) mass is 326 g/mol. The van der Waals surface area contributed by atoms with Crippen LogP contribution in [0.2, 0.25) is 0 Å². The second-order valence-electron chi connectivity index (χ2n) is 5.70. The van der Waals surface area contributed by atoms with E-state index in [0.29, 0.717) is 24.8 Å². The number of rotatable bonds is 4. The Balaban J connectivity index is 1.61. The third-order valence-corrected chi connectivity index (χ3v) is 4.15. The molecule has 124 valence electrons. The summed E-state index contributed by atoms with van der Waals surface area (Å²) in [5.74, 6) is 1.51. The van der Waals surface area contributed by atoms with Gasteiger partial charge in [-0.05, 0) is 37.1 Å². The molecule has 0 atom stereocenters. The summed E-state index contributed by atoms with van der Waals surface area (Å²) in [7, 11) is 1.60. The largest absolute Gasteiger partial charge is 0.497 e. The van der Waals surface area contributed by atoms with E-state index in [9.17, 15) is 4.79 Å². The summed E-state index contributed by atoms with van der Waals surface area (Å²) in [4.78, 5) is 18.3. The molecule has 7 heteroatoms. The van der Waals surface area contributed by atoms with Crippen molar-refractivity contribution in [2.24, 2.45) is 5.92 Å². The highest BCUT2D eigenvalue weighted by atomic mass is 16.5. The summed E-state index contributed by atoms with van der Waals surface area (Å²) >= 11 is 0. The van der Waals surface area contributed by atoms with Crippen LogP contribution in [0.1, 0.15) is 18.7 Å². The Morgan fingerprint density at radius 3 is 2.71 bits per heavy atom. The molecule has 0 bridgehead atoms. The average molecular weight is 326 g/mol. The van der Waals surface area contributed by atoms with Gasteiger partial charge in [0.2, 0.25) is 17.6 Å². The number of aromatic nitrogens is 2. The first-order valence-corrected chi connectivity index (χ1v) is 7.84. The molecule has 0 spiro atoms. The first kappa shape index (κ1) is 16.0. The number of likely N-dealkylation sites (tertiary alicyclic amines) is 1. The SMILES string of the molecule is COc1ccc(-c2noc(CC(=O)N3CCC(C#N)CC3)n2)cc1. The van der Waals surface area contributed by atoms with Gasteiger partial charge in [0, 0.05) is 24.6 Å². The van der Waals surface area contributed by atoms with E-state index in [2.05, 4.69) is 16.2 Å². The third-order valence-electron chi connectivity index (χ3n) is 4.15. The zero-order valence-electron chi connectivity index (χ0n) is 13.4. The molecule has 0 unspecified atom stereocenters. The van der Waals surface area contributed by atoms with Gasteiger partial charge in [-0.25, -0.2) is 0 Å². The lowest BCUT2D eigenvalue weighted by molar-refractivity contribution is -0.132. The van der Waals surface area contributed by atoms with Crippen LogP contribution in [0.5, 0.6) is 5.75 Å². The van der Waals surface area contributed by atoms with Crippen LogP contribution in [0.4, 0.5) is 0 Å². The lowest BCUT2D eigenvalue weighted by Crippen LogP contribution is -2.39. The Morgan fingerprint density at radius 1 is 1.38 bits per heavy atom. The molecule has 1 aliphatic rings. The molecule has 1 aromatic carbocycles. The van der Waals surface area contributed by atoms with Crippen molar-refractivity contribution >= 4 is 5.91 Å². The number of ether oxygens (including phenoxy) is 1. The molecule has 2 heterocycles. The normalized spacial score (nSPS) is 15.1. The van der Waals surface area contributed by atoms with E-state index in [1.165, 1.54) is 0 Å². The van der Waals surface area contributed by atoms with Gasteiger partial charge in [-0.15, -0.1) is 0 Å². The molecular formula is C17H18N4O3. The van der Waals surface area contributed by atoms with Gasteiger partial charge in [0.25, 0.3) is 0 Å². The van der Waals surface area contributed by atoms with Crippen LogP contribution in [0.25, 0.3) is 11.4 Å². The van der Waals surface area contributed by atoms with Gasteiger partial charge >= 0.3 is 0 Å². The molecule has 1 aliphatic heterocycles. The van der Waals surface area contributed by atoms with Gasteiger partial charge in [0.05, 0.1) is 13.2 Å². The van der Waals surface area contributed by atoms with Gasteiger partial charge in [0.1, 0.15) is 12.2 Å². The van der Waals surface area contributed by atoms with Crippen molar-refractivity contribution in [1.29, 1.82) is 5.26 Å². The van der Waals surface area contributed by atoms with Crippen molar-refractivity contribution < 1.29 is 14.1 Å². The quantitative estimate of drug-likeness (QED) is 0.854. The Bertz CT molecular complexity index is 740. The number of carbonyl (C=O) groups is 1. The fourth-order valence-electron chi connectivity index (χ4n) is 2.68. The Kier molecular flexibility index (Phi) is 4.75. The fraction of sp³-hybridized carbons (Fsp3) is 0.412. The van der Waals surface area contributed by atoms with E-state index >= 15 is 0 Å². The number of methoxy groups -OCH3 is 1. The minimum absolute atomic E-state index is 0.0451. The summed E-state index contributed by atoms with van der Waals surface area (Å²) in [6.07, 6.45) is 1.53. The minimum atomic E-state index is -0.0451. The van der Waals surface area contributed by atoms with Gasteiger partial charge in [0.15, 0.2) is 0 Å². The Labute approximate surface area is 139 Å². The first-order valence-electron chi connectivity index (χ1n) is 7.84. The summed E-state index contributed by atoms with van der Waals surface area (Å²) in [6.45, 7) is 1.22. The molecule has 0 saturated carbocycles. The number of hydrogen-bond acceptors (Lipinski definition) is 6. The fourth-order valence-corrected chi connectivity index (χ4v) is 2.68. The van der Waals surface area contributed by atoms with E-state index in [4.69, 9.17) is 14.5 Å². The maximum Gasteiger partial charge on any atom is 0.236 e. The van der Waals surface area contributed by atoms with Gasteiger partial charge in [-0.1, -0.05) is 5.16 Å². The third kappa shape index (κ3) is 3.54. The minimum Gasteiger partial charge on any atom is -0.497 e. The highest BCUT2D eigenvalue weighted by Crippen LogP contribution is 2.21. The predicted molar refractivity (Wildman–Crippen MR) is 84.9 cm³/mol. The van der Waals surface area contributed by atoms with Crippen molar-refractivity contribution in [1.82, 2.24) is 15.0 Å². The van der Waals surface area contributed by atoms with Crippen molar-refractivity contribution in [2.45, 2.75) is 19.3 Å². The molecule has 1 aromatic heterocycles. The number of nitriles is 1. The first-order chi connectivity index (χ1) is 11.7. The highest BCUT2D eigenvalue weighted by molar-refractivity contribution is 5.78. The molecule has 7 nitrogen and oxygen atoms in total. The molecular weight excluding hydrogens is 308 g/mol. The van der Waals surface area contributed by atoms with E-state index in [1.807, 2.05) is 24.3 Å². The molecule has 24 heavy (non-hydrogen) atoms. The van der Waals surface area contributed by atoms with E-state index in [1.54, 1.807) is 12.0 Å². The number of hydrogen-bond donors (Lipinski definition) is 0. The lowest BCUT2D eigenvalue weighted by atomic mass is 9.98. The van der Waals surface area contributed by atoms with Crippen molar-refractivity contribution in [2.75, 3.05) is 20.2 Å². The lowest BCUT2D eigenvalue weighted by Gasteiger charge is -2.28. The van der Waals surface area contributed by atoms with Crippen molar-refractivity contribution in [3.63, 3.8) is 0 Å². The van der Waals surface area contributed by atoms with Crippen LogP contribution >= 0.6 is 0 Å². The molecule has 3 rings (SSSR count). The smallest absolute Gasteiger partial charge is 0.236 e. The number of amides is 1. The van der Waals surface area contributed by atoms with E-state index < -0.39 is 0 Å². The van der Waals surface area contributed by atoms with Crippen LogP contribution < -0.4 is 4.74 Å². The summed E-state index contributed by atoms with van der Waals surface area (Å²) < 4.78 is 10.3. The Hall–Kier alpha value is -2.88. The predicted octanol–water partition coefficient (Wildman–Crippen LogP) is 2.05. The van der Waals surface area contributed by atoms with Crippen LogP contribution in [0, 0.1) is 17.2 Å². The molecule has 0 radical (unpaired) electrons. The van der Waals surface area contributed by atoms with Gasteiger partial charge in [-0.3, -0.25) is 4.79 Å². The molecule has 1 saturated heterocycles. The number of carbonyl (C=O) groups excluding carboxylic acids is 1. The molecule has 0 N–H and O–H groups in total. The van der Waals surface area contributed by atoms with Crippen molar-refractivity contribution in [3.05, 3.63) is 30.2 Å².